The second-order valence-electron chi connectivity index (χ2n) is 4.33. The van der Waals surface area contributed by atoms with Gasteiger partial charge in [-0.1, -0.05) is 0 Å². The normalized spacial score (nSPS) is 11.5. The van der Waals surface area contributed by atoms with E-state index in [4.69, 9.17) is 5.11 Å². The Kier molecular flexibility index (Phi) is 3.96. The Hall–Kier alpha value is -2.39. The van der Waals surface area contributed by atoms with Crippen molar-refractivity contribution in [3.05, 3.63) is 41.2 Å². The van der Waals surface area contributed by atoms with E-state index in [0.29, 0.717) is 5.56 Å². The minimum Gasteiger partial charge on any atom is -0.507 e. The van der Waals surface area contributed by atoms with Crippen LogP contribution >= 0.6 is 0 Å². The molecule has 2 rings (SSSR count). The highest BCUT2D eigenvalue weighted by atomic mass is 32.2. The highest BCUT2D eigenvalue weighted by Crippen LogP contribution is 2.21. The van der Waals surface area contributed by atoms with Gasteiger partial charge in [-0.3, -0.25) is 5.10 Å². The maximum Gasteiger partial charge on any atom is 0.339 e. The van der Waals surface area contributed by atoms with Gasteiger partial charge in [-0.2, -0.15) is 5.10 Å². The number of carbonyl (C=O) groups is 1. The molecule has 0 fully saturated rings. The Labute approximate surface area is 120 Å². The average Bonchev–Trinajstić information content (AvgIpc) is 2.82. The molecule has 1 heterocycles. The summed E-state index contributed by atoms with van der Waals surface area (Å²) in [7, 11) is -3.89. The van der Waals surface area contributed by atoms with Crippen molar-refractivity contribution >= 4 is 16.0 Å². The van der Waals surface area contributed by atoms with E-state index in [1.807, 2.05) is 0 Å². The summed E-state index contributed by atoms with van der Waals surface area (Å²) in [5.74, 6) is -1.90. The number of H-pyrrole nitrogens is 1. The zero-order valence-corrected chi connectivity index (χ0v) is 11.8. The van der Waals surface area contributed by atoms with Gasteiger partial charge in [-0.05, 0) is 25.1 Å². The van der Waals surface area contributed by atoms with E-state index in [2.05, 4.69) is 14.9 Å². The summed E-state index contributed by atoms with van der Waals surface area (Å²) in [6.07, 6.45) is 1.50. The molecule has 0 spiro atoms. The molecule has 0 aliphatic carbocycles. The molecule has 0 aliphatic heterocycles. The first-order valence-electron chi connectivity index (χ1n) is 5.86. The average molecular weight is 311 g/mol. The van der Waals surface area contributed by atoms with Crippen molar-refractivity contribution in [2.24, 2.45) is 0 Å². The van der Waals surface area contributed by atoms with Crippen molar-refractivity contribution in [1.29, 1.82) is 0 Å². The van der Waals surface area contributed by atoms with Crippen LogP contribution in [0.4, 0.5) is 0 Å². The summed E-state index contributed by atoms with van der Waals surface area (Å²) < 4.78 is 26.6. The molecule has 2 aromatic rings. The molecule has 0 aliphatic rings. The van der Waals surface area contributed by atoms with Crippen molar-refractivity contribution in [3.63, 3.8) is 0 Å². The predicted molar refractivity (Wildman–Crippen MR) is 72.4 cm³/mol. The number of aromatic hydroxyl groups is 1. The monoisotopic (exact) mass is 311 g/mol. The number of carboxylic acid groups (broad SMARTS) is 1. The quantitative estimate of drug-likeness (QED) is 0.639. The predicted octanol–water partition coefficient (Wildman–Crippen LogP) is 0.600. The maximum absolute atomic E-state index is 12.1. The number of rotatable bonds is 5. The van der Waals surface area contributed by atoms with Gasteiger partial charge in [0, 0.05) is 17.8 Å². The van der Waals surface area contributed by atoms with Gasteiger partial charge in [-0.15, -0.1) is 0 Å². The molecule has 4 N–H and O–H groups in total. The van der Waals surface area contributed by atoms with Crippen LogP contribution in [-0.2, 0) is 16.6 Å². The summed E-state index contributed by atoms with van der Waals surface area (Å²) in [5, 5.41) is 24.7. The van der Waals surface area contributed by atoms with Crippen LogP contribution in [0.25, 0.3) is 0 Å². The number of nitrogens with one attached hydrogen (secondary N) is 2. The molecule has 0 atom stereocenters. The Morgan fingerprint density at radius 1 is 1.43 bits per heavy atom. The Balaban J connectivity index is 2.26. The lowest BCUT2D eigenvalue weighted by atomic mass is 10.2. The number of sulfonamides is 1. The van der Waals surface area contributed by atoms with Crippen LogP contribution in [0.15, 0.2) is 29.3 Å². The van der Waals surface area contributed by atoms with Gasteiger partial charge >= 0.3 is 5.97 Å². The number of hydrogen-bond acceptors (Lipinski definition) is 5. The first-order valence-corrected chi connectivity index (χ1v) is 7.34. The number of aromatic nitrogens is 2. The summed E-state index contributed by atoms with van der Waals surface area (Å²) in [6.45, 7) is 1.77. The van der Waals surface area contributed by atoms with Crippen LogP contribution in [-0.4, -0.2) is 34.8 Å². The molecule has 112 valence electrons. The van der Waals surface area contributed by atoms with Crippen molar-refractivity contribution in [2.45, 2.75) is 18.4 Å². The van der Waals surface area contributed by atoms with Crippen LogP contribution < -0.4 is 4.72 Å². The fourth-order valence-electron chi connectivity index (χ4n) is 1.66. The summed E-state index contributed by atoms with van der Waals surface area (Å²) in [4.78, 5) is 10.7. The zero-order valence-electron chi connectivity index (χ0n) is 11.0. The summed E-state index contributed by atoms with van der Waals surface area (Å²) in [6, 6.07) is 3.07. The second kappa shape index (κ2) is 5.54. The van der Waals surface area contributed by atoms with Crippen molar-refractivity contribution in [2.75, 3.05) is 0 Å². The maximum atomic E-state index is 12.1. The van der Waals surface area contributed by atoms with Crippen LogP contribution in [0.1, 0.15) is 21.6 Å². The van der Waals surface area contributed by atoms with E-state index < -0.39 is 27.3 Å². The van der Waals surface area contributed by atoms with Gasteiger partial charge in [0.2, 0.25) is 10.0 Å². The topological polar surface area (TPSA) is 132 Å². The largest absolute Gasteiger partial charge is 0.507 e. The number of carboxylic acids is 1. The number of benzene rings is 1. The molecule has 0 bridgehead atoms. The molecule has 0 amide bonds. The number of aryl methyl sites for hydroxylation is 1. The fourth-order valence-corrected chi connectivity index (χ4v) is 2.70. The number of nitrogens with zero attached hydrogens (tertiary/aromatic N) is 1. The molecular weight excluding hydrogens is 298 g/mol. The van der Waals surface area contributed by atoms with Crippen LogP contribution in [0.5, 0.6) is 5.75 Å². The molecule has 9 heteroatoms. The van der Waals surface area contributed by atoms with E-state index in [1.54, 1.807) is 6.92 Å². The van der Waals surface area contributed by atoms with Crippen molar-refractivity contribution in [3.8, 4) is 5.75 Å². The van der Waals surface area contributed by atoms with Crippen LogP contribution in [0, 0.1) is 6.92 Å². The van der Waals surface area contributed by atoms with Crippen LogP contribution in [0.2, 0.25) is 0 Å². The third-order valence-corrected chi connectivity index (χ3v) is 4.29. The molecule has 0 radical (unpaired) electrons. The highest BCUT2D eigenvalue weighted by molar-refractivity contribution is 7.89. The number of aromatic carboxylic acids is 1. The first kappa shape index (κ1) is 15.0. The third kappa shape index (κ3) is 3.20. The van der Waals surface area contributed by atoms with E-state index >= 15 is 0 Å². The molecule has 0 unspecified atom stereocenters. The molecule has 8 nitrogen and oxygen atoms in total. The lowest BCUT2D eigenvalue weighted by molar-refractivity contribution is 0.0693. The van der Waals surface area contributed by atoms with Gasteiger partial charge in [0.25, 0.3) is 0 Å². The minimum atomic E-state index is -3.89. The minimum absolute atomic E-state index is 0.0218. The second-order valence-corrected chi connectivity index (χ2v) is 6.10. The van der Waals surface area contributed by atoms with Crippen LogP contribution in [0.3, 0.4) is 0 Å². The van der Waals surface area contributed by atoms with E-state index in [-0.39, 0.29) is 11.4 Å². The van der Waals surface area contributed by atoms with Gasteiger partial charge in [0.1, 0.15) is 11.3 Å². The lowest BCUT2D eigenvalue weighted by Crippen LogP contribution is -2.23. The smallest absolute Gasteiger partial charge is 0.339 e. The molecule has 1 aromatic heterocycles. The van der Waals surface area contributed by atoms with E-state index in [9.17, 15) is 18.3 Å². The fraction of sp³-hybridized carbons (Fsp3) is 0.167. The van der Waals surface area contributed by atoms with Gasteiger partial charge < -0.3 is 10.2 Å². The summed E-state index contributed by atoms with van der Waals surface area (Å²) >= 11 is 0. The number of phenols is 1. The summed E-state index contributed by atoms with van der Waals surface area (Å²) in [5.41, 5.74) is 0.933. The molecule has 0 saturated heterocycles. The lowest BCUT2D eigenvalue weighted by Gasteiger charge is -2.08. The van der Waals surface area contributed by atoms with Crippen molar-refractivity contribution < 1.29 is 23.4 Å². The number of hydrogen-bond donors (Lipinski definition) is 4. The van der Waals surface area contributed by atoms with E-state index in [1.165, 1.54) is 6.20 Å². The molecular formula is C12H13N3O5S. The SMILES string of the molecule is Cc1[nH]ncc1CNS(=O)(=O)c1ccc(O)c(C(=O)O)c1. The molecule has 21 heavy (non-hydrogen) atoms. The standard InChI is InChI=1S/C12H13N3O5S/c1-7-8(5-13-15-7)6-14-21(19,20)9-2-3-11(16)10(4-9)12(17)18/h2-5,14,16H,6H2,1H3,(H,13,15)(H,17,18). The zero-order chi connectivity index (χ0) is 15.6. The third-order valence-electron chi connectivity index (χ3n) is 2.90. The first-order chi connectivity index (χ1) is 9.81. The van der Waals surface area contributed by atoms with E-state index in [0.717, 1.165) is 23.9 Å². The highest BCUT2D eigenvalue weighted by Gasteiger charge is 2.19. The Bertz CT molecular complexity index is 782. The number of aromatic amines is 1. The molecule has 0 saturated carbocycles. The Morgan fingerprint density at radius 3 is 2.71 bits per heavy atom. The Morgan fingerprint density at radius 2 is 2.14 bits per heavy atom. The molecule has 1 aromatic carbocycles. The van der Waals surface area contributed by atoms with Gasteiger partial charge in [0.05, 0.1) is 11.1 Å². The van der Waals surface area contributed by atoms with Crippen molar-refractivity contribution in [1.82, 2.24) is 14.9 Å². The van der Waals surface area contributed by atoms with Gasteiger partial charge in [0.15, 0.2) is 0 Å². The van der Waals surface area contributed by atoms with Gasteiger partial charge in [-0.25, -0.2) is 17.9 Å².